The summed E-state index contributed by atoms with van der Waals surface area (Å²) in [6, 6.07) is 0. The molecular formula is C6H18Cl4OSi2Ti. The molecule has 0 spiro atoms. The van der Waals surface area contributed by atoms with Crippen molar-refractivity contribution in [2.45, 2.75) is 39.3 Å². The molecule has 0 aromatic heterocycles. The van der Waals surface area contributed by atoms with E-state index in [0.29, 0.717) is 0 Å². The molecule has 0 aliphatic heterocycles. The first kappa shape index (κ1) is 18.6. The molecule has 0 aromatic carbocycles. The quantitative estimate of drug-likeness (QED) is 0.603. The normalized spacial score (nSPS) is 13.3. The van der Waals surface area contributed by atoms with Gasteiger partial charge in [-0.05, 0) is 39.3 Å². The van der Waals surface area contributed by atoms with Crippen LogP contribution in [0.15, 0.2) is 0 Å². The topological polar surface area (TPSA) is 9.23 Å². The van der Waals surface area contributed by atoms with Crippen molar-refractivity contribution in [3.8, 4) is 0 Å². The fourth-order valence-corrected chi connectivity index (χ4v) is 8.27. The van der Waals surface area contributed by atoms with Crippen molar-refractivity contribution in [3.63, 3.8) is 0 Å². The Morgan fingerprint density at radius 1 is 0.714 bits per heavy atom. The minimum absolute atomic E-state index is 1.23. The van der Waals surface area contributed by atoms with E-state index in [4.69, 9.17) is 41.3 Å². The van der Waals surface area contributed by atoms with Gasteiger partial charge in [0, 0.05) is 0 Å². The van der Waals surface area contributed by atoms with Crippen molar-refractivity contribution in [2.75, 3.05) is 0 Å². The Morgan fingerprint density at radius 3 is 0.857 bits per heavy atom. The van der Waals surface area contributed by atoms with Crippen LogP contribution in [-0.2, 0) is 16.5 Å². The predicted octanol–water partition coefficient (Wildman–Crippen LogP) is 5.43. The van der Waals surface area contributed by atoms with Gasteiger partial charge in [0.1, 0.15) is 0 Å². The maximum atomic E-state index is 5.90. The molecule has 0 heterocycles. The van der Waals surface area contributed by atoms with E-state index in [9.17, 15) is 0 Å². The van der Waals surface area contributed by atoms with Crippen LogP contribution in [0.5, 0.6) is 0 Å². The van der Waals surface area contributed by atoms with Crippen molar-refractivity contribution in [2.24, 2.45) is 0 Å². The van der Waals surface area contributed by atoms with Crippen molar-refractivity contribution in [1.29, 1.82) is 0 Å². The molecule has 0 amide bonds. The van der Waals surface area contributed by atoms with Gasteiger partial charge in [0.25, 0.3) is 0 Å². The Hall–Kier alpha value is 2.27. The zero-order valence-corrected chi connectivity index (χ0v) is 16.0. The standard InChI is InChI=1S/C6H18OSi2.4ClH.Ti/c1-8(2,3)7-9(4,5)6;;;;;/h1-6H3;4*1H;/q;;;;;+4/p-4. The molecule has 0 aromatic rings. The van der Waals surface area contributed by atoms with E-state index in [1.165, 1.54) is 0 Å². The van der Waals surface area contributed by atoms with Gasteiger partial charge < -0.3 is 4.12 Å². The third kappa shape index (κ3) is 36.7. The fraction of sp³-hybridized carbons (Fsp3) is 1.00. The van der Waals surface area contributed by atoms with Crippen molar-refractivity contribution in [1.82, 2.24) is 0 Å². The molecule has 0 aliphatic rings. The molecule has 0 radical (unpaired) electrons. The molecule has 0 atom stereocenters. The summed E-state index contributed by atoms with van der Waals surface area (Å²) in [6.45, 7) is 13.4. The summed E-state index contributed by atoms with van der Waals surface area (Å²) in [6.07, 6.45) is 0. The number of rotatable bonds is 2. The second kappa shape index (κ2) is 6.87. The summed E-state index contributed by atoms with van der Waals surface area (Å²) in [5, 5.41) is 0. The molecule has 0 N–H and O–H groups in total. The van der Waals surface area contributed by atoms with Gasteiger partial charge in [0.2, 0.25) is 0 Å². The first-order valence-electron chi connectivity index (χ1n) is 4.16. The van der Waals surface area contributed by atoms with Gasteiger partial charge in [-0.15, -0.1) is 0 Å². The summed E-state index contributed by atoms with van der Waals surface area (Å²) >= 11 is -3.11. The van der Waals surface area contributed by atoms with E-state index in [-0.39, 0.29) is 0 Å². The second-order valence-corrected chi connectivity index (χ2v) is 29.5. The minimum atomic E-state index is -3.11. The van der Waals surface area contributed by atoms with Gasteiger partial charge >= 0.3 is 49.6 Å². The van der Waals surface area contributed by atoms with Gasteiger partial charge in [-0.1, -0.05) is 0 Å². The molecule has 0 rings (SSSR count). The summed E-state index contributed by atoms with van der Waals surface area (Å²) in [7, 11) is 17.6. The number of halogens is 4. The molecule has 0 saturated heterocycles. The predicted molar refractivity (Wildman–Crippen MR) is 71.2 cm³/mol. The van der Waals surface area contributed by atoms with E-state index in [1.807, 2.05) is 0 Å². The summed E-state index contributed by atoms with van der Waals surface area (Å²) < 4.78 is 5.90. The maximum absolute atomic E-state index is 5.90. The van der Waals surface area contributed by atoms with Crippen LogP contribution in [0.3, 0.4) is 0 Å². The fourth-order valence-electron chi connectivity index (χ4n) is 0.919. The van der Waals surface area contributed by atoms with Crippen LogP contribution in [0.1, 0.15) is 0 Å². The molecule has 0 unspecified atom stereocenters. The van der Waals surface area contributed by atoms with Gasteiger partial charge in [-0.2, -0.15) is 0 Å². The Balaban J connectivity index is 0. The van der Waals surface area contributed by atoms with E-state index >= 15 is 0 Å². The average molecular weight is 352 g/mol. The van der Waals surface area contributed by atoms with E-state index < -0.39 is 29.0 Å². The number of hydrogen-bond donors (Lipinski definition) is 0. The molecule has 8 heteroatoms. The van der Waals surface area contributed by atoms with Crippen LogP contribution in [0.2, 0.25) is 39.3 Å². The molecule has 0 fully saturated rings. The van der Waals surface area contributed by atoms with Crippen molar-refractivity contribution < 1.29 is 16.5 Å². The van der Waals surface area contributed by atoms with Crippen LogP contribution in [-0.4, -0.2) is 16.6 Å². The van der Waals surface area contributed by atoms with Gasteiger partial charge in [0.05, 0.1) is 0 Å². The first-order chi connectivity index (χ1) is 5.71. The summed E-state index contributed by atoms with van der Waals surface area (Å²) in [5.41, 5.74) is 0. The summed E-state index contributed by atoms with van der Waals surface area (Å²) in [5.74, 6) is 0. The van der Waals surface area contributed by atoms with Gasteiger partial charge in [0.15, 0.2) is 16.6 Å². The Morgan fingerprint density at radius 2 is 0.857 bits per heavy atom. The average Bonchev–Trinajstić information content (AvgIpc) is 1.42. The zero-order valence-electron chi connectivity index (χ0n) is 9.42. The first-order valence-corrected chi connectivity index (χ1v) is 19.6. The Labute approximate surface area is 109 Å². The van der Waals surface area contributed by atoms with Crippen LogP contribution >= 0.6 is 37.2 Å². The molecule has 1 nitrogen and oxygen atoms in total. The van der Waals surface area contributed by atoms with Crippen LogP contribution in [0, 0.1) is 0 Å². The van der Waals surface area contributed by atoms with Crippen LogP contribution in [0.25, 0.3) is 0 Å². The number of hydrogen-bond acceptors (Lipinski definition) is 1. The molecular weight excluding hydrogens is 334 g/mol. The van der Waals surface area contributed by atoms with Gasteiger partial charge in [-0.3, -0.25) is 0 Å². The van der Waals surface area contributed by atoms with E-state index in [0.717, 1.165) is 0 Å². The zero-order chi connectivity index (χ0) is 12.2. The Kier molecular flexibility index (Phi) is 9.14. The third-order valence-corrected chi connectivity index (χ3v) is 5.51. The molecule has 88 valence electrons. The molecule has 0 saturated carbocycles. The molecule has 0 bridgehead atoms. The van der Waals surface area contributed by atoms with Crippen molar-refractivity contribution >= 4 is 53.9 Å². The van der Waals surface area contributed by atoms with Crippen LogP contribution in [0.4, 0.5) is 0 Å². The monoisotopic (exact) mass is 350 g/mol. The van der Waals surface area contributed by atoms with Gasteiger partial charge in [-0.25, -0.2) is 0 Å². The van der Waals surface area contributed by atoms with E-state index in [2.05, 4.69) is 39.3 Å². The summed E-state index contributed by atoms with van der Waals surface area (Å²) in [4.78, 5) is 0. The molecule has 0 aliphatic carbocycles. The van der Waals surface area contributed by atoms with E-state index in [1.54, 1.807) is 0 Å². The Bertz CT molecular complexity index is 143. The SMILES string of the molecule is C[Si](C)(C)O[Si](C)(C)C.[Cl][Ti]([Cl])([Cl])[Cl]. The van der Waals surface area contributed by atoms with Crippen LogP contribution < -0.4 is 0 Å². The second-order valence-electron chi connectivity index (χ2n) is 4.76. The van der Waals surface area contributed by atoms with Crippen molar-refractivity contribution in [3.05, 3.63) is 0 Å². The third-order valence-electron chi connectivity index (χ3n) is 0.612. The molecule has 14 heavy (non-hydrogen) atoms.